The van der Waals surface area contributed by atoms with Gasteiger partial charge in [0.15, 0.2) is 5.78 Å². The Bertz CT molecular complexity index is 1090. The van der Waals surface area contributed by atoms with E-state index < -0.39 is 10.0 Å². The molecule has 0 aliphatic heterocycles. The molecular formula is C19H19N3O4S. The van der Waals surface area contributed by atoms with Crippen molar-refractivity contribution in [1.82, 2.24) is 9.55 Å². The van der Waals surface area contributed by atoms with Crippen LogP contribution in [0.1, 0.15) is 23.0 Å². The molecule has 0 fully saturated rings. The SMILES string of the molecule is COc1cc(NS(=O)(=O)c2ccc(C(C)=O)cc2)ccc1-n1cnc(C)c1. The van der Waals surface area contributed by atoms with E-state index in [1.54, 1.807) is 29.1 Å². The van der Waals surface area contributed by atoms with Crippen molar-refractivity contribution >= 4 is 21.5 Å². The van der Waals surface area contributed by atoms with Gasteiger partial charge in [-0.15, -0.1) is 0 Å². The molecule has 0 radical (unpaired) electrons. The molecule has 0 saturated carbocycles. The molecule has 27 heavy (non-hydrogen) atoms. The average molecular weight is 385 g/mol. The zero-order valence-corrected chi connectivity index (χ0v) is 15.9. The fourth-order valence-electron chi connectivity index (χ4n) is 2.59. The van der Waals surface area contributed by atoms with E-state index in [2.05, 4.69) is 9.71 Å². The molecule has 1 heterocycles. The van der Waals surface area contributed by atoms with Crippen molar-refractivity contribution in [2.75, 3.05) is 11.8 Å². The van der Waals surface area contributed by atoms with E-state index in [0.717, 1.165) is 11.4 Å². The third kappa shape index (κ3) is 4.01. The number of nitrogens with one attached hydrogen (secondary N) is 1. The molecule has 3 aromatic rings. The Kier molecular flexibility index (Phi) is 5.00. The first-order valence-electron chi connectivity index (χ1n) is 8.13. The standard InChI is InChI=1S/C19H19N3O4S/c1-13-11-22(12-20-13)18-9-6-16(10-19(18)26-3)21-27(24,25)17-7-4-15(5-8-17)14(2)23/h4-12,21H,1-3H3. The number of imidazole rings is 1. The van der Waals surface area contributed by atoms with E-state index in [1.807, 2.05) is 13.1 Å². The van der Waals surface area contributed by atoms with E-state index in [9.17, 15) is 13.2 Å². The molecule has 0 aliphatic rings. The van der Waals surface area contributed by atoms with Gasteiger partial charge in [-0.2, -0.15) is 0 Å². The number of aryl methyl sites for hydroxylation is 1. The summed E-state index contributed by atoms with van der Waals surface area (Å²) in [5, 5.41) is 0. The number of rotatable bonds is 6. The van der Waals surface area contributed by atoms with E-state index in [1.165, 1.54) is 38.3 Å². The van der Waals surface area contributed by atoms with Crippen LogP contribution in [0.25, 0.3) is 5.69 Å². The summed E-state index contributed by atoms with van der Waals surface area (Å²) in [6, 6.07) is 10.8. The molecule has 1 N–H and O–H groups in total. The highest BCUT2D eigenvalue weighted by Crippen LogP contribution is 2.28. The number of benzene rings is 2. The molecule has 0 amide bonds. The van der Waals surface area contributed by atoms with Crippen LogP contribution in [-0.2, 0) is 10.0 Å². The van der Waals surface area contributed by atoms with Gasteiger partial charge in [0.05, 0.1) is 35.4 Å². The number of hydrogen-bond acceptors (Lipinski definition) is 5. The summed E-state index contributed by atoms with van der Waals surface area (Å²) < 4.78 is 34.9. The molecule has 140 valence electrons. The summed E-state index contributed by atoms with van der Waals surface area (Å²) in [5.41, 5.74) is 2.42. The van der Waals surface area contributed by atoms with Crippen molar-refractivity contribution in [1.29, 1.82) is 0 Å². The largest absolute Gasteiger partial charge is 0.494 e. The lowest BCUT2D eigenvalue weighted by atomic mass is 10.2. The molecule has 0 spiro atoms. The van der Waals surface area contributed by atoms with Crippen molar-refractivity contribution in [2.24, 2.45) is 0 Å². The first-order chi connectivity index (χ1) is 12.8. The van der Waals surface area contributed by atoms with Gasteiger partial charge in [-0.1, -0.05) is 12.1 Å². The summed E-state index contributed by atoms with van der Waals surface area (Å²) in [7, 11) is -2.27. The van der Waals surface area contributed by atoms with Gasteiger partial charge in [-0.25, -0.2) is 13.4 Å². The van der Waals surface area contributed by atoms with Gasteiger partial charge in [-0.05, 0) is 38.1 Å². The monoisotopic (exact) mass is 385 g/mol. The zero-order chi connectivity index (χ0) is 19.6. The number of Topliss-reactive ketones (excluding diaryl/α,β-unsaturated/α-hetero) is 1. The minimum absolute atomic E-state index is 0.0702. The van der Waals surface area contributed by atoms with Crippen molar-refractivity contribution in [3.05, 3.63) is 66.2 Å². The van der Waals surface area contributed by atoms with Gasteiger partial charge in [0.2, 0.25) is 0 Å². The van der Waals surface area contributed by atoms with Crippen molar-refractivity contribution in [2.45, 2.75) is 18.7 Å². The first-order valence-corrected chi connectivity index (χ1v) is 9.61. The van der Waals surface area contributed by atoms with Crippen molar-refractivity contribution < 1.29 is 17.9 Å². The molecule has 2 aromatic carbocycles. The third-order valence-electron chi connectivity index (χ3n) is 3.99. The van der Waals surface area contributed by atoms with Gasteiger partial charge in [-0.3, -0.25) is 9.52 Å². The predicted molar refractivity (Wildman–Crippen MR) is 102 cm³/mol. The molecule has 7 nitrogen and oxygen atoms in total. The summed E-state index contributed by atoms with van der Waals surface area (Å²) in [4.78, 5) is 15.6. The minimum atomic E-state index is -3.79. The number of sulfonamides is 1. The Labute approximate surface area is 157 Å². The second-order valence-corrected chi connectivity index (χ2v) is 7.68. The van der Waals surface area contributed by atoms with Crippen LogP contribution in [0.4, 0.5) is 5.69 Å². The van der Waals surface area contributed by atoms with Crippen LogP contribution in [-0.4, -0.2) is 30.9 Å². The Balaban J connectivity index is 1.89. The van der Waals surface area contributed by atoms with Gasteiger partial charge in [0, 0.05) is 17.8 Å². The summed E-state index contributed by atoms with van der Waals surface area (Å²) in [6.07, 6.45) is 3.51. The Morgan fingerprint density at radius 2 is 1.85 bits per heavy atom. The van der Waals surface area contributed by atoms with Crippen LogP contribution >= 0.6 is 0 Å². The predicted octanol–water partition coefficient (Wildman–Crippen LogP) is 3.19. The lowest BCUT2D eigenvalue weighted by Crippen LogP contribution is -2.13. The van der Waals surface area contributed by atoms with Crippen LogP contribution in [0.15, 0.2) is 59.9 Å². The Morgan fingerprint density at radius 1 is 1.15 bits per heavy atom. The number of hydrogen-bond donors (Lipinski definition) is 1. The number of carbonyl (C=O) groups excluding carboxylic acids is 1. The van der Waals surface area contributed by atoms with Gasteiger partial charge < -0.3 is 9.30 Å². The minimum Gasteiger partial charge on any atom is -0.494 e. The maximum Gasteiger partial charge on any atom is 0.261 e. The second kappa shape index (κ2) is 7.24. The second-order valence-electron chi connectivity index (χ2n) is 6.00. The van der Waals surface area contributed by atoms with Crippen LogP contribution in [0.3, 0.4) is 0 Å². The van der Waals surface area contributed by atoms with E-state index >= 15 is 0 Å². The highest BCUT2D eigenvalue weighted by Gasteiger charge is 2.16. The smallest absolute Gasteiger partial charge is 0.261 e. The summed E-state index contributed by atoms with van der Waals surface area (Å²) >= 11 is 0. The quantitative estimate of drug-likeness (QED) is 0.658. The van der Waals surface area contributed by atoms with E-state index in [0.29, 0.717) is 17.0 Å². The number of ketones is 1. The number of carbonyl (C=O) groups is 1. The van der Waals surface area contributed by atoms with Gasteiger partial charge in [0.1, 0.15) is 5.75 Å². The maximum atomic E-state index is 12.6. The topological polar surface area (TPSA) is 90.3 Å². The maximum absolute atomic E-state index is 12.6. The highest BCUT2D eigenvalue weighted by atomic mass is 32.2. The zero-order valence-electron chi connectivity index (χ0n) is 15.1. The van der Waals surface area contributed by atoms with Crippen LogP contribution in [0, 0.1) is 6.92 Å². The number of anilines is 1. The van der Waals surface area contributed by atoms with E-state index in [-0.39, 0.29) is 10.7 Å². The Hall–Kier alpha value is -3.13. The van der Waals surface area contributed by atoms with Crippen LogP contribution < -0.4 is 9.46 Å². The molecule has 0 unspecified atom stereocenters. The lowest BCUT2D eigenvalue weighted by Gasteiger charge is -2.13. The fourth-order valence-corrected chi connectivity index (χ4v) is 3.64. The fraction of sp³-hybridized carbons (Fsp3) is 0.158. The molecule has 1 aromatic heterocycles. The first kappa shape index (κ1) is 18.7. The number of methoxy groups -OCH3 is 1. The lowest BCUT2D eigenvalue weighted by molar-refractivity contribution is 0.101. The number of aromatic nitrogens is 2. The molecule has 0 atom stereocenters. The van der Waals surface area contributed by atoms with E-state index in [4.69, 9.17) is 4.74 Å². The summed E-state index contributed by atoms with van der Waals surface area (Å²) in [5.74, 6) is 0.376. The Morgan fingerprint density at radius 3 is 2.41 bits per heavy atom. The summed E-state index contributed by atoms with van der Waals surface area (Å²) in [6.45, 7) is 3.31. The van der Waals surface area contributed by atoms with Crippen LogP contribution in [0.2, 0.25) is 0 Å². The van der Waals surface area contributed by atoms with Crippen LogP contribution in [0.5, 0.6) is 5.75 Å². The van der Waals surface area contributed by atoms with Gasteiger partial charge in [0.25, 0.3) is 10.0 Å². The average Bonchev–Trinajstić information content (AvgIpc) is 3.07. The highest BCUT2D eigenvalue weighted by molar-refractivity contribution is 7.92. The molecule has 0 bridgehead atoms. The third-order valence-corrected chi connectivity index (χ3v) is 5.39. The van der Waals surface area contributed by atoms with Crippen molar-refractivity contribution in [3.63, 3.8) is 0 Å². The molecule has 0 saturated heterocycles. The number of ether oxygens (including phenoxy) is 1. The number of nitrogens with zero attached hydrogens (tertiary/aromatic N) is 2. The molecular weight excluding hydrogens is 366 g/mol. The molecule has 0 aliphatic carbocycles. The molecule has 8 heteroatoms. The molecule has 3 rings (SSSR count). The van der Waals surface area contributed by atoms with Gasteiger partial charge >= 0.3 is 0 Å². The van der Waals surface area contributed by atoms with Crippen molar-refractivity contribution in [3.8, 4) is 11.4 Å². The normalized spacial score (nSPS) is 11.2.